The Hall–Kier alpha value is -7.23. The summed E-state index contributed by atoms with van der Waals surface area (Å²) in [5, 5.41) is 12.1. The smallest absolute Gasteiger partial charge is 0.252 e. The van der Waals surface area contributed by atoms with Gasteiger partial charge in [-0.3, -0.25) is 4.79 Å². The average molecular weight is 990 g/mol. The Kier molecular flexibility index (Phi) is 12.9. The highest BCUT2D eigenvalue weighted by Gasteiger charge is 2.27. The Morgan fingerprint density at radius 2 is 1.76 bits per heavy atom. The molecular formula is C47H51BrF2N16O2. The highest BCUT2D eigenvalue weighted by atomic mass is 79.9. The third-order valence-electron chi connectivity index (χ3n) is 11.9. The first-order valence-corrected chi connectivity index (χ1v) is 22.7. The van der Waals surface area contributed by atoms with Crippen molar-refractivity contribution in [1.29, 1.82) is 0 Å². The van der Waals surface area contributed by atoms with Crippen LogP contribution < -0.4 is 30.1 Å². The molecule has 18 nitrogen and oxygen atoms in total. The SMILES string of the molecule is C=C(CN(Cc1nc2c(F)c(F)ccc2[nH]1)c1nc(N2CCN(C)CC2)nc2c(Br)cnn12)C(=O)Nc1cc(Nc2nccc(-c3cn(C)c4ccccc34)n2)c(OC)cc1N(C)CCN(C)C. The summed E-state index contributed by atoms with van der Waals surface area (Å²) >= 11 is 3.61. The number of para-hydroxylation sites is 1. The highest BCUT2D eigenvalue weighted by Crippen LogP contribution is 2.39. The fraction of sp³-hybridized carbons (Fsp3) is 0.298. The number of aromatic nitrogens is 9. The molecule has 0 radical (unpaired) electrons. The van der Waals surface area contributed by atoms with E-state index in [0.717, 1.165) is 47.9 Å². The molecule has 0 saturated carbocycles. The van der Waals surface area contributed by atoms with E-state index in [9.17, 15) is 13.6 Å². The van der Waals surface area contributed by atoms with E-state index in [0.29, 0.717) is 81.8 Å². The number of hydrogen-bond donors (Lipinski definition) is 3. The molecule has 0 bridgehead atoms. The minimum atomic E-state index is -1.07. The third kappa shape index (κ3) is 9.36. The van der Waals surface area contributed by atoms with Gasteiger partial charge in [-0.15, -0.1) is 0 Å². The number of rotatable bonds is 16. The Balaban J connectivity index is 1.06. The van der Waals surface area contributed by atoms with Gasteiger partial charge in [0.25, 0.3) is 5.91 Å². The summed E-state index contributed by atoms with van der Waals surface area (Å²) in [7, 11) is 11.6. The van der Waals surface area contributed by atoms with E-state index in [1.54, 1.807) is 35.0 Å². The molecule has 3 N–H and O–H groups in total. The number of H-pyrrole nitrogens is 1. The number of nitrogens with one attached hydrogen (secondary N) is 3. The van der Waals surface area contributed by atoms with Gasteiger partial charge in [0, 0.05) is 93.9 Å². The molecule has 68 heavy (non-hydrogen) atoms. The van der Waals surface area contributed by atoms with Crippen LogP contribution >= 0.6 is 15.9 Å². The van der Waals surface area contributed by atoms with Gasteiger partial charge in [0.05, 0.1) is 59.1 Å². The second kappa shape index (κ2) is 19.2. The van der Waals surface area contributed by atoms with E-state index >= 15 is 0 Å². The number of amides is 1. The number of methoxy groups -OCH3 is 1. The zero-order chi connectivity index (χ0) is 47.8. The third-order valence-corrected chi connectivity index (χ3v) is 12.5. The van der Waals surface area contributed by atoms with E-state index in [2.05, 4.69) is 91.6 Å². The molecule has 0 spiro atoms. The first-order valence-electron chi connectivity index (χ1n) is 21.9. The van der Waals surface area contributed by atoms with Gasteiger partial charge in [0.1, 0.15) is 17.1 Å². The van der Waals surface area contributed by atoms with Gasteiger partial charge in [-0.1, -0.05) is 24.8 Å². The molecular weight excluding hydrogens is 939 g/mol. The van der Waals surface area contributed by atoms with Crippen molar-refractivity contribution in [2.75, 3.05) is 106 Å². The van der Waals surface area contributed by atoms with E-state index in [1.165, 1.54) is 6.07 Å². The van der Waals surface area contributed by atoms with Crippen LogP contribution in [0, 0.1) is 11.6 Å². The second-order valence-electron chi connectivity index (χ2n) is 17.1. The molecule has 0 atom stereocenters. The maximum Gasteiger partial charge on any atom is 0.252 e. The number of benzene rings is 3. The van der Waals surface area contributed by atoms with Crippen molar-refractivity contribution in [3.8, 4) is 17.0 Å². The number of imidazole rings is 1. The molecule has 21 heteroatoms. The summed E-state index contributed by atoms with van der Waals surface area (Å²) in [5.74, 6) is -0.677. The van der Waals surface area contributed by atoms with Crippen molar-refractivity contribution in [1.82, 2.24) is 53.9 Å². The van der Waals surface area contributed by atoms with Gasteiger partial charge in [0.2, 0.25) is 17.8 Å². The van der Waals surface area contributed by atoms with E-state index < -0.39 is 17.5 Å². The summed E-state index contributed by atoms with van der Waals surface area (Å²) in [6.45, 7) is 8.51. The first kappa shape index (κ1) is 45.9. The minimum Gasteiger partial charge on any atom is -0.494 e. The monoisotopic (exact) mass is 988 g/mol. The van der Waals surface area contributed by atoms with Crippen molar-refractivity contribution in [3.05, 3.63) is 107 Å². The predicted molar refractivity (Wildman–Crippen MR) is 265 cm³/mol. The Bertz CT molecular complexity index is 3180. The topological polar surface area (TPSA) is 169 Å². The van der Waals surface area contributed by atoms with Crippen molar-refractivity contribution in [2.45, 2.75) is 6.54 Å². The number of anilines is 6. The highest BCUT2D eigenvalue weighted by molar-refractivity contribution is 9.10. The molecule has 9 rings (SSSR count). The average Bonchev–Trinajstić information content (AvgIpc) is 4.03. The van der Waals surface area contributed by atoms with E-state index in [4.69, 9.17) is 19.7 Å². The number of hydrogen-bond acceptors (Lipinski definition) is 14. The lowest BCUT2D eigenvalue weighted by atomic mass is 10.1. The van der Waals surface area contributed by atoms with Gasteiger partial charge >= 0.3 is 0 Å². The molecule has 1 fully saturated rings. The zero-order valence-electron chi connectivity index (χ0n) is 38.6. The quantitative estimate of drug-likeness (QED) is 0.0876. The van der Waals surface area contributed by atoms with Crippen LogP contribution in [-0.4, -0.2) is 141 Å². The molecule has 1 saturated heterocycles. The van der Waals surface area contributed by atoms with E-state index in [1.807, 2.05) is 63.6 Å². The summed E-state index contributed by atoms with van der Waals surface area (Å²) < 4.78 is 39.5. The van der Waals surface area contributed by atoms with Gasteiger partial charge < -0.3 is 49.4 Å². The van der Waals surface area contributed by atoms with Crippen LogP contribution in [0.1, 0.15) is 5.82 Å². The standard InChI is InChI=1S/C47H51BrF2N16O2/c1-28(25-65(27-40-53-34-13-12-32(49)41(50)42(34)57-40)47-59-46(64-20-17-61(4)18-21-64)58-43-31(48)24-52-66(43)47)44(67)54-35-22-36(39(68-7)23-38(35)62(5)19-16-60(2)3)56-45-51-15-14-33(55-45)30-26-63(6)37-11-9-8-10-29(30)37/h8-15,22-24,26H,1,16-21,25,27H2,2-7H3,(H,53,57)(H,54,67)(H,51,55,56). The number of aromatic amines is 1. The van der Waals surface area contributed by atoms with Crippen LogP contribution in [0.5, 0.6) is 5.75 Å². The number of fused-ring (bicyclic) bond motifs is 3. The molecule has 6 heterocycles. The number of nitrogens with zero attached hydrogens (tertiary/aromatic N) is 13. The second-order valence-corrected chi connectivity index (χ2v) is 17.9. The number of piperazine rings is 1. The molecule has 0 aliphatic carbocycles. The molecule has 1 aliphatic rings. The van der Waals surface area contributed by atoms with Crippen LogP contribution in [0.25, 0.3) is 38.8 Å². The van der Waals surface area contributed by atoms with Gasteiger partial charge in [-0.25, -0.2) is 23.7 Å². The van der Waals surface area contributed by atoms with Crippen LogP contribution in [0.15, 0.2) is 89.8 Å². The lowest BCUT2D eigenvalue weighted by Gasteiger charge is -2.33. The molecule has 3 aromatic carbocycles. The largest absolute Gasteiger partial charge is 0.494 e. The summed E-state index contributed by atoms with van der Waals surface area (Å²) in [6.07, 6.45) is 5.36. The van der Waals surface area contributed by atoms with Crippen LogP contribution in [0.2, 0.25) is 0 Å². The summed E-state index contributed by atoms with van der Waals surface area (Å²) in [5.41, 5.74) is 5.22. The first-order chi connectivity index (χ1) is 32.7. The molecule has 352 valence electrons. The Morgan fingerprint density at radius 3 is 2.54 bits per heavy atom. The molecule has 8 aromatic rings. The van der Waals surface area contributed by atoms with Crippen LogP contribution in [0.4, 0.5) is 43.7 Å². The number of carbonyl (C=O) groups excluding carboxylic acids is 1. The number of ether oxygens (including phenoxy) is 1. The van der Waals surface area contributed by atoms with E-state index in [-0.39, 0.29) is 24.2 Å². The van der Waals surface area contributed by atoms with Crippen LogP contribution in [-0.2, 0) is 18.4 Å². The maximum absolute atomic E-state index is 15.0. The molecule has 1 aliphatic heterocycles. The van der Waals surface area contributed by atoms with Gasteiger partial charge in [-0.05, 0) is 67.4 Å². The fourth-order valence-corrected chi connectivity index (χ4v) is 8.52. The van der Waals surface area contributed by atoms with Crippen LogP contribution in [0.3, 0.4) is 0 Å². The Labute approximate surface area is 399 Å². The summed E-state index contributed by atoms with van der Waals surface area (Å²) in [4.78, 5) is 51.7. The lowest BCUT2D eigenvalue weighted by molar-refractivity contribution is -0.112. The fourth-order valence-electron chi connectivity index (χ4n) is 8.17. The summed E-state index contributed by atoms with van der Waals surface area (Å²) in [6, 6.07) is 16.1. The molecule has 1 amide bonds. The molecule has 5 aromatic heterocycles. The zero-order valence-corrected chi connectivity index (χ0v) is 40.1. The van der Waals surface area contributed by atoms with Crippen molar-refractivity contribution in [3.63, 3.8) is 0 Å². The number of likely N-dealkylation sites (N-methyl/N-ethyl adjacent to an activating group) is 3. The predicted octanol–water partition coefficient (Wildman–Crippen LogP) is 6.69. The number of aryl methyl sites for hydroxylation is 1. The number of halogens is 3. The van der Waals surface area contributed by atoms with Crippen molar-refractivity contribution >= 4 is 84.3 Å². The maximum atomic E-state index is 15.0. The lowest BCUT2D eigenvalue weighted by Crippen LogP contribution is -2.45. The number of carbonyl (C=O) groups is 1. The normalized spacial score (nSPS) is 13.2. The van der Waals surface area contributed by atoms with Crippen molar-refractivity contribution < 1.29 is 18.3 Å². The Morgan fingerprint density at radius 1 is 0.971 bits per heavy atom. The molecule has 0 unspecified atom stereocenters. The van der Waals surface area contributed by atoms with Gasteiger partial charge in [-0.2, -0.15) is 19.6 Å². The van der Waals surface area contributed by atoms with Gasteiger partial charge in [0.15, 0.2) is 17.3 Å². The minimum absolute atomic E-state index is 0.0270. The van der Waals surface area contributed by atoms with Crippen molar-refractivity contribution in [2.24, 2.45) is 7.05 Å².